The zero-order valence-corrected chi connectivity index (χ0v) is 10.8. The highest BCUT2D eigenvalue weighted by molar-refractivity contribution is 7.15. The summed E-state index contributed by atoms with van der Waals surface area (Å²) in [4.78, 5) is 5.85. The van der Waals surface area contributed by atoms with Crippen LogP contribution in [0, 0.1) is 12.3 Å². The van der Waals surface area contributed by atoms with Gasteiger partial charge in [0.15, 0.2) is 0 Å². The topological polar surface area (TPSA) is 12.9 Å². The highest BCUT2D eigenvalue weighted by Gasteiger charge is 2.28. The van der Waals surface area contributed by atoms with Gasteiger partial charge in [-0.25, -0.2) is 4.98 Å². The summed E-state index contributed by atoms with van der Waals surface area (Å²) in [7, 11) is 0. The van der Waals surface area contributed by atoms with Gasteiger partial charge in [-0.05, 0) is 18.4 Å². The molecule has 0 N–H and O–H groups in total. The molecule has 0 unspecified atom stereocenters. The lowest BCUT2D eigenvalue weighted by molar-refractivity contribution is 1.08. The minimum absolute atomic E-state index is 0.650. The molecule has 0 aliphatic heterocycles. The van der Waals surface area contributed by atoms with Gasteiger partial charge in [-0.15, -0.1) is 17.8 Å². The molecule has 1 nitrogen and oxygen atoms in total. The van der Waals surface area contributed by atoms with Gasteiger partial charge in [0.1, 0.15) is 0 Å². The highest BCUT2D eigenvalue weighted by atomic mass is 32.1. The van der Waals surface area contributed by atoms with Crippen LogP contribution >= 0.6 is 11.3 Å². The van der Waals surface area contributed by atoms with Crippen LogP contribution in [0.3, 0.4) is 0 Å². The monoisotopic (exact) mass is 251 g/mol. The lowest BCUT2D eigenvalue weighted by Crippen LogP contribution is -1.85. The molecule has 0 amide bonds. The van der Waals surface area contributed by atoms with Crippen molar-refractivity contribution in [2.45, 2.75) is 18.8 Å². The van der Waals surface area contributed by atoms with E-state index >= 15 is 0 Å². The molecule has 1 aromatic heterocycles. The Hall–Kier alpha value is -1.85. The van der Waals surface area contributed by atoms with Crippen molar-refractivity contribution < 1.29 is 0 Å². The van der Waals surface area contributed by atoms with Crippen molar-refractivity contribution in [3.8, 4) is 22.8 Å². The number of benzene rings is 1. The fourth-order valence-corrected chi connectivity index (χ4v) is 3.17. The van der Waals surface area contributed by atoms with E-state index in [2.05, 4.69) is 24.6 Å². The fourth-order valence-electron chi connectivity index (χ4n) is 1.90. The smallest absolute Gasteiger partial charge is 0.0971 e. The van der Waals surface area contributed by atoms with Gasteiger partial charge in [0, 0.05) is 11.5 Å². The van der Waals surface area contributed by atoms with E-state index in [9.17, 15) is 0 Å². The van der Waals surface area contributed by atoms with Crippen LogP contribution in [0.5, 0.6) is 0 Å². The largest absolute Gasteiger partial charge is 0.240 e. The number of terminal acetylenes is 1. The van der Waals surface area contributed by atoms with Crippen molar-refractivity contribution in [3.63, 3.8) is 0 Å². The van der Waals surface area contributed by atoms with Crippen LogP contribution in [-0.4, -0.2) is 4.98 Å². The molecule has 1 saturated carbocycles. The second-order valence-corrected chi connectivity index (χ2v) is 5.52. The van der Waals surface area contributed by atoms with Crippen molar-refractivity contribution in [1.29, 1.82) is 0 Å². The molecule has 1 aliphatic rings. The Labute approximate surface area is 111 Å². The Morgan fingerprint density at radius 1 is 1.33 bits per heavy atom. The molecule has 0 spiro atoms. The van der Waals surface area contributed by atoms with Crippen molar-refractivity contribution in [2.24, 2.45) is 0 Å². The first-order chi connectivity index (χ1) is 8.79. The average molecular weight is 251 g/mol. The zero-order valence-electron chi connectivity index (χ0n) is 10.0. The van der Waals surface area contributed by atoms with Crippen LogP contribution in [0.1, 0.15) is 29.5 Å². The quantitative estimate of drug-likeness (QED) is 0.740. The summed E-state index contributed by atoms with van der Waals surface area (Å²) in [6, 6.07) is 10.3. The molecule has 1 aromatic carbocycles. The van der Waals surface area contributed by atoms with Crippen LogP contribution in [0.2, 0.25) is 0 Å². The van der Waals surface area contributed by atoms with Gasteiger partial charge < -0.3 is 0 Å². The van der Waals surface area contributed by atoms with E-state index < -0.39 is 0 Å². The van der Waals surface area contributed by atoms with E-state index in [0.717, 1.165) is 10.6 Å². The number of hydrogen-bond donors (Lipinski definition) is 0. The Morgan fingerprint density at radius 2 is 2.06 bits per heavy atom. The second-order valence-electron chi connectivity index (χ2n) is 4.49. The summed E-state index contributed by atoms with van der Waals surface area (Å²) in [5, 5.41) is 1.21. The van der Waals surface area contributed by atoms with Crippen LogP contribution in [-0.2, 0) is 0 Å². The molecular formula is C16H13NS. The van der Waals surface area contributed by atoms with Gasteiger partial charge in [-0.2, -0.15) is 0 Å². The molecule has 1 aliphatic carbocycles. The minimum Gasteiger partial charge on any atom is -0.240 e. The van der Waals surface area contributed by atoms with E-state index in [4.69, 9.17) is 11.4 Å². The molecule has 2 heteroatoms. The number of hydrogen-bond acceptors (Lipinski definition) is 2. The van der Waals surface area contributed by atoms with Crippen molar-refractivity contribution in [3.05, 3.63) is 47.6 Å². The molecule has 0 atom stereocenters. The number of rotatable bonds is 3. The molecule has 18 heavy (non-hydrogen) atoms. The highest BCUT2D eigenvalue weighted by Crippen LogP contribution is 2.45. The molecule has 0 radical (unpaired) electrons. The van der Waals surface area contributed by atoms with Gasteiger partial charge in [-0.3, -0.25) is 0 Å². The zero-order chi connectivity index (χ0) is 12.5. The maximum atomic E-state index is 5.47. The first kappa shape index (κ1) is 11.3. The van der Waals surface area contributed by atoms with Gasteiger partial charge in [-0.1, -0.05) is 42.8 Å². The standard InChI is InChI=1S/C16H13NS/c1-3-11(2)14-15(12-7-5-4-6-8-12)18-16(17-14)13-9-10-13/h1,4-8,13H,2,9-10H2. The molecule has 1 heterocycles. The lowest BCUT2D eigenvalue weighted by Gasteiger charge is -2.00. The minimum atomic E-state index is 0.650. The van der Waals surface area contributed by atoms with E-state index in [1.54, 1.807) is 11.3 Å². The SMILES string of the molecule is C#CC(=C)c1nc(C2CC2)sc1-c1ccccc1. The summed E-state index contributed by atoms with van der Waals surface area (Å²) in [6.45, 7) is 3.93. The number of allylic oxidation sites excluding steroid dienone is 1. The third-order valence-electron chi connectivity index (χ3n) is 3.07. The van der Waals surface area contributed by atoms with Gasteiger partial charge in [0.05, 0.1) is 15.6 Å². The Bertz CT molecular complexity index is 627. The van der Waals surface area contributed by atoms with Gasteiger partial charge >= 0.3 is 0 Å². The van der Waals surface area contributed by atoms with E-state index in [-0.39, 0.29) is 0 Å². The molecule has 88 valence electrons. The predicted molar refractivity (Wildman–Crippen MR) is 77.4 cm³/mol. The molecule has 2 aromatic rings. The summed E-state index contributed by atoms with van der Waals surface area (Å²) in [6.07, 6.45) is 7.97. The van der Waals surface area contributed by atoms with Crippen LogP contribution in [0.4, 0.5) is 0 Å². The Morgan fingerprint density at radius 3 is 2.67 bits per heavy atom. The summed E-state index contributed by atoms with van der Waals surface area (Å²) in [5.41, 5.74) is 2.74. The van der Waals surface area contributed by atoms with Crippen LogP contribution in [0.25, 0.3) is 16.0 Å². The third kappa shape index (κ3) is 1.98. The summed E-state index contributed by atoms with van der Waals surface area (Å²) >= 11 is 1.76. The van der Waals surface area contributed by atoms with Crippen LogP contribution < -0.4 is 0 Å². The lowest BCUT2D eigenvalue weighted by atomic mass is 10.1. The first-order valence-electron chi connectivity index (χ1n) is 6.01. The number of aromatic nitrogens is 1. The third-order valence-corrected chi connectivity index (χ3v) is 4.33. The molecule has 1 fully saturated rings. The Balaban J connectivity index is 2.12. The van der Waals surface area contributed by atoms with Gasteiger partial charge in [0.2, 0.25) is 0 Å². The number of thiazole rings is 1. The first-order valence-corrected chi connectivity index (χ1v) is 6.83. The molecule has 0 bridgehead atoms. The molecular weight excluding hydrogens is 238 g/mol. The van der Waals surface area contributed by atoms with Crippen LogP contribution in [0.15, 0.2) is 36.9 Å². The van der Waals surface area contributed by atoms with Gasteiger partial charge in [0.25, 0.3) is 0 Å². The maximum absolute atomic E-state index is 5.47. The predicted octanol–water partition coefficient (Wildman–Crippen LogP) is 4.33. The average Bonchev–Trinajstić information content (AvgIpc) is 3.18. The number of nitrogens with zero attached hydrogens (tertiary/aromatic N) is 1. The van der Waals surface area contributed by atoms with E-state index in [0.29, 0.717) is 11.5 Å². The van der Waals surface area contributed by atoms with E-state index in [1.165, 1.54) is 23.4 Å². The van der Waals surface area contributed by atoms with Crippen molar-refractivity contribution in [1.82, 2.24) is 4.98 Å². The van der Waals surface area contributed by atoms with Crippen molar-refractivity contribution >= 4 is 16.9 Å². The van der Waals surface area contributed by atoms with Crippen molar-refractivity contribution in [2.75, 3.05) is 0 Å². The summed E-state index contributed by atoms with van der Waals surface area (Å²) < 4.78 is 0. The fraction of sp³-hybridized carbons (Fsp3) is 0.188. The maximum Gasteiger partial charge on any atom is 0.0971 e. The normalized spacial score (nSPS) is 14.2. The molecule has 3 rings (SSSR count). The molecule has 0 saturated heterocycles. The second kappa shape index (κ2) is 4.44. The Kier molecular flexibility index (Phi) is 2.77. The summed E-state index contributed by atoms with van der Waals surface area (Å²) in [5.74, 6) is 3.26. The van der Waals surface area contributed by atoms with E-state index in [1.807, 2.05) is 18.2 Å².